The summed E-state index contributed by atoms with van der Waals surface area (Å²) in [5.41, 5.74) is 3.29. The van der Waals surface area contributed by atoms with Crippen LogP contribution in [0.5, 0.6) is 5.88 Å². The lowest BCUT2D eigenvalue weighted by atomic mass is 9.92. The van der Waals surface area contributed by atoms with Crippen LogP contribution in [0.2, 0.25) is 0 Å². The van der Waals surface area contributed by atoms with Gasteiger partial charge in [-0.2, -0.15) is 5.10 Å². The topological polar surface area (TPSA) is 122 Å². The molecular weight excluding hydrogens is 483 g/mol. The summed E-state index contributed by atoms with van der Waals surface area (Å²) in [5, 5.41) is 11.6. The van der Waals surface area contributed by atoms with Gasteiger partial charge in [0.2, 0.25) is 15.9 Å². The zero-order valence-electron chi connectivity index (χ0n) is 19.6. The number of aromatic nitrogens is 4. The summed E-state index contributed by atoms with van der Waals surface area (Å²) in [5.74, 6) is -0.0851. The molecule has 0 bridgehead atoms. The van der Waals surface area contributed by atoms with Crippen molar-refractivity contribution in [1.82, 2.24) is 25.5 Å². The van der Waals surface area contributed by atoms with Gasteiger partial charge < -0.3 is 10.1 Å². The maximum atomic E-state index is 14.9. The van der Waals surface area contributed by atoms with E-state index < -0.39 is 15.8 Å². The highest BCUT2D eigenvalue weighted by atomic mass is 32.2. The Kier molecular flexibility index (Phi) is 5.41. The quantitative estimate of drug-likeness (QED) is 0.363. The van der Waals surface area contributed by atoms with Crippen LogP contribution in [0.3, 0.4) is 0 Å². The molecule has 0 radical (unpaired) electrons. The maximum Gasteiger partial charge on any atom is 0.233 e. The summed E-state index contributed by atoms with van der Waals surface area (Å²) in [6.45, 7) is 1.81. The van der Waals surface area contributed by atoms with Crippen LogP contribution in [0, 0.1) is 11.2 Å². The highest BCUT2D eigenvalue weighted by Gasteiger charge is 2.52. The second-order valence-corrected chi connectivity index (χ2v) is 11.3. The van der Waals surface area contributed by atoms with Crippen LogP contribution in [0.4, 0.5) is 10.1 Å². The molecule has 1 spiro atoms. The third-order valence-corrected chi connectivity index (χ3v) is 7.58. The van der Waals surface area contributed by atoms with Gasteiger partial charge in [-0.25, -0.2) is 17.8 Å². The average Bonchev–Trinajstić information content (AvgIpc) is 3.48. The third kappa shape index (κ3) is 4.40. The average molecular weight is 509 g/mol. The lowest BCUT2D eigenvalue weighted by Crippen LogP contribution is -2.45. The van der Waals surface area contributed by atoms with E-state index in [0.29, 0.717) is 28.4 Å². The number of piperidine rings is 1. The largest absolute Gasteiger partial charge is 0.471 e. The van der Waals surface area contributed by atoms with Crippen molar-refractivity contribution < 1.29 is 17.5 Å². The zero-order chi connectivity index (χ0) is 24.9. The maximum absolute atomic E-state index is 14.9. The van der Waals surface area contributed by atoms with Crippen molar-refractivity contribution in [1.29, 1.82) is 0 Å². The molecule has 1 atom stereocenters. The van der Waals surface area contributed by atoms with E-state index in [4.69, 9.17) is 4.74 Å². The fraction of sp³-hybridized carbons (Fsp3) is 0.320. The first-order valence-electron chi connectivity index (χ1n) is 11.8. The number of sulfonamides is 1. The highest BCUT2D eigenvalue weighted by molar-refractivity contribution is 7.92. The Hall–Kier alpha value is -3.57. The SMILES string of the molecule is CS(=O)(=O)Nc1ccc(-c2ccc3[nH]nc(-c4cncc(O[C@H]5CNCCC56CC6)n4)c3c2)c(F)c1. The van der Waals surface area contributed by atoms with Crippen molar-refractivity contribution in [3.05, 3.63) is 54.6 Å². The van der Waals surface area contributed by atoms with Gasteiger partial charge >= 0.3 is 0 Å². The molecule has 6 rings (SSSR count). The minimum atomic E-state index is -3.50. The number of anilines is 1. The van der Waals surface area contributed by atoms with Crippen molar-refractivity contribution in [2.75, 3.05) is 24.1 Å². The molecule has 36 heavy (non-hydrogen) atoms. The number of H-pyrrole nitrogens is 1. The summed E-state index contributed by atoms with van der Waals surface area (Å²) in [6, 6.07) is 9.67. The Labute approximate surface area is 207 Å². The van der Waals surface area contributed by atoms with Gasteiger partial charge in [0.15, 0.2) is 0 Å². The first-order valence-corrected chi connectivity index (χ1v) is 13.6. The van der Waals surface area contributed by atoms with Crippen LogP contribution in [0.1, 0.15) is 19.3 Å². The number of rotatable bonds is 6. The lowest BCUT2D eigenvalue weighted by Gasteiger charge is -2.32. The van der Waals surface area contributed by atoms with E-state index in [9.17, 15) is 12.8 Å². The summed E-state index contributed by atoms with van der Waals surface area (Å²) < 4.78 is 46.4. The molecule has 3 heterocycles. The number of nitrogens with zero attached hydrogens (tertiary/aromatic N) is 3. The van der Waals surface area contributed by atoms with Crippen molar-refractivity contribution in [2.45, 2.75) is 25.4 Å². The number of nitrogens with one attached hydrogen (secondary N) is 3. The molecule has 0 amide bonds. The second kappa shape index (κ2) is 8.52. The molecule has 11 heteroatoms. The van der Waals surface area contributed by atoms with E-state index >= 15 is 0 Å². The van der Waals surface area contributed by atoms with Crippen LogP contribution in [0.25, 0.3) is 33.4 Å². The van der Waals surface area contributed by atoms with E-state index in [1.165, 1.54) is 18.9 Å². The smallest absolute Gasteiger partial charge is 0.233 e. The number of fused-ring (bicyclic) bond motifs is 1. The molecule has 1 saturated heterocycles. The molecule has 1 aliphatic carbocycles. The molecule has 2 fully saturated rings. The van der Waals surface area contributed by atoms with Crippen molar-refractivity contribution in [2.24, 2.45) is 5.41 Å². The highest BCUT2D eigenvalue weighted by Crippen LogP contribution is 2.53. The van der Waals surface area contributed by atoms with E-state index in [1.807, 2.05) is 12.1 Å². The van der Waals surface area contributed by atoms with Gasteiger partial charge in [-0.15, -0.1) is 0 Å². The minimum absolute atomic E-state index is 0.0708. The second-order valence-electron chi connectivity index (χ2n) is 9.57. The van der Waals surface area contributed by atoms with Crippen LogP contribution in [-0.2, 0) is 10.0 Å². The Morgan fingerprint density at radius 3 is 2.78 bits per heavy atom. The Morgan fingerprint density at radius 1 is 1.14 bits per heavy atom. The molecule has 3 N–H and O–H groups in total. The van der Waals surface area contributed by atoms with Crippen molar-refractivity contribution in [3.8, 4) is 28.4 Å². The first-order chi connectivity index (χ1) is 17.3. The molecule has 2 aromatic heterocycles. The molecule has 2 aliphatic rings. The van der Waals surface area contributed by atoms with Gasteiger partial charge in [-0.05, 0) is 61.7 Å². The Bertz CT molecular complexity index is 1570. The minimum Gasteiger partial charge on any atom is -0.471 e. The van der Waals surface area contributed by atoms with Crippen molar-refractivity contribution in [3.63, 3.8) is 0 Å². The number of hydrogen-bond acceptors (Lipinski definition) is 7. The summed E-state index contributed by atoms with van der Waals surface area (Å²) in [7, 11) is -3.50. The predicted octanol–water partition coefficient (Wildman–Crippen LogP) is 3.72. The van der Waals surface area contributed by atoms with E-state index in [2.05, 4.69) is 30.2 Å². The van der Waals surface area contributed by atoms with E-state index in [1.54, 1.807) is 24.5 Å². The number of benzene rings is 2. The number of ether oxygens (including phenoxy) is 1. The number of halogens is 1. The summed E-state index contributed by atoms with van der Waals surface area (Å²) in [4.78, 5) is 9.02. The number of aromatic amines is 1. The lowest BCUT2D eigenvalue weighted by molar-refractivity contribution is 0.0844. The fourth-order valence-corrected chi connectivity index (χ4v) is 5.47. The molecule has 1 aliphatic heterocycles. The van der Waals surface area contributed by atoms with Gasteiger partial charge in [0.05, 0.1) is 29.9 Å². The first kappa shape index (κ1) is 22.9. The molecule has 2 aromatic carbocycles. The van der Waals surface area contributed by atoms with Crippen LogP contribution in [0.15, 0.2) is 48.8 Å². The van der Waals surface area contributed by atoms with Gasteiger partial charge in [0.25, 0.3) is 0 Å². The zero-order valence-corrected chi connectivity index (χ0v) is 20.4. The normalized spacial score (nSPS) is 18.9. The number of hydrogen-bond donors (Lipinski definition) is 3. The molecule has 9 nitrogen and oxygen atoms in total. The van der Waals surface area contributed by atoms with E-state index in [-0.39, 0.29) is 17.2 Å². The standard InChI is InChI=1S/C25H25FN6O3S/c1-36(33,34)32-16-3-4-17(19(26)11-16)15-2-5-20-18(10-15)24(31-30-20)21-12-28-14-23(29-21)35-22-13-27-9-8-25(22)6-7-25/h2-5,10-12,14,22,27,32H,6-9,13H2,1H3,(H,30,31)/t22-/m0/s1. The van der Waals surface area contributed by atoms with Gasteiger partial charge in [-0.3, -0.25) is 14.8 Å². The van der Waals surface area contributed by atoms with Crippen molar-refractivity contribution >= 4 is 26.6 Å². The molecule has 1 saturated carbocycles. The van der Waals surface area contributed by atoms with Gasteiger partial charge in [0, 0.05) is 22.9 Å². The van der Waals surface area contributed by atoms with Gasteiger partial charge in [-0.1, -0.05) is 6.07 Å². The Morgan fingerprint density at radius 2 is 2.00 bits per heavy atom. The Balaban J connectivity index is 1.31. The van der Waals surface area contributed by atoms with Crippen LogP contribution >= 0.6 is 0 Å². The predicted molar refractivity (Wildman–Crippen MR) is 135 cm³/mol. The van der Waals surface area contributed by atoms with Gasteiger partial charge in [0.1, 0.15) is 23.3 Å². The molecule has 0 unspecified atom stereocenters. The third-order valence-electron chi connectivity index (χ3n) is 6.97. The summed E-state index contributed by atoms with van der Waals surface area (Å²) in [6.07, 6.45) is 7.82. The van der Waals surface area contributed by atoms with Crippen LogP contribution < -0.4 is 14.8 Å². The molecule has 186 valence electrons. The van der Waals surface area contributed by atoms with E-state index in [0.717, 1.165) is 42.7 Å². The molecule has 4 aromatic rings. The summed E-state index contributed by atoms with van der Waals surface area (Å²) >= 11 is 0. The van der Waals surface area contributed by atoms with Crippen LogP contribution in [-0.4, -0.2) is 54.0 Å². The monoisotopic (exact) mass is 508 g/mol. The fourth-order valence-electron chi connectivity index (χ4n) is 4.92. The molecular formula is C25H25FN6O3S.